The first-order chi connectivity index (χ1) is 9.33. The number of rotatable bonds is 5. The molecule has 1 fully saturated rings. The van der Waals surface area contributed by atoms with E-state index in [4.69, 9.17) is 0 Å². The smallest absolute Gasteiger partial charge is 0.348 e. The van der Waals surface area contributed by atoms with Crippen LogP contribution in [-0.4, -0.2) is 38.7 Å². The summed E-state index contributed by atoms with van der Waals surface area (Å²) < 4.78 is 32.1. The van der Waals surface area contributed by atoms with Crippen LogP contribution in [0.4, 0.5) is 0 Å². The Labute approximate surface area is 129 Å². The number of halogens is 1. The van der Waals surface area contributed by atoms with Crippen molar-refractivity contribution < 1.29 is 23.1 Å². The summed E-state index contributed by atoms with van der Waals surface area (Å²) in [5.74, 6) is -0.585. The highest BCUT2D eigenvalue weighted by atomic mass is 79.9. The molecule has 112 valence electrons. The lowest BCUT2D eigenvalue weighted by Crippen LogP contribution is -2.55. The fourth-order valence-electron chi connectivity index (χ4n) is 1.97. The molecule has 1 heterocycles. The Morgan fingerprint density at radius 3 is 2.70 bits per heavy atom. The van der Waals surface area contributed by atoms with Crippen LogP contribution in [0.15, 0.2) is 14.7 Å². The zero-order valence-electron chi connectivity index (χ0n) is 10.7. The second kappa shape index (κ2) is 5.72. The highest BCUT2D eigenvalue weighted by Gasteiger charge is 2.41. The number of carbonyl (C=O) groups excluding carboxylic acids is 1. The van der Waals surface area contributed by atoms with Crippen LogP contribution in [0.1, 0.15) is 28.9 Å². The molecule has 0 spiro atoms. The van der Waals surface area contributed by atoms with Gasteiger partial charge in [-0.2, -0.15) is 0 Å². The Kier molecular flexibility index (Phi) is 4.55. The second-order valence-electron chi connectivity index (χ2n) is 4.64. The van der Waals surface area contributed by atoms with Gasteiger partial charge >= 0.3 is 5.97 Å². The minimum atomic E-state index is -3.80. The van der Waals surface area contributed by atoms with Gasteiger partial charge in [0.05, 0.1) is 23.0 Å². The molecule has 6 nitrogen and oxygen atoms in total. The Morgan fingerprint density at radius 1 is 1.60 bits per heavy atom. The van der Waals surface area contributed by atoms with Gasteiger partial charge in [-0.1, -0.05) is 0 Å². The molecule has 0 atom stereocenters. The molecule has 0 unspecified atom stereocenters. The molecule has 0 saturated heterocycles. The van der Waals surface area contributed by atoms with E-state index < -0.39 is 21.5 Å². The lowest BCUT2D eigenvalue weighted by molar-refractivity contribution is 0.0606. The van der Waals surface area contributed by atoms with Gasteiger partial charge in [0.15, 0.2) is 0 Å². The van der Waals surface area contributed by atoms with E-state index in [0.29, 0.717) is 16.6 Å². The minimum Gasteiger partial charge on any atom is -0.465 e. The number of nitrogens with one attached hydrogen (secondary N) is 1. The van der Waals surface area contributed by atoms with Gasteiger partial charge in [-0.3, -0.25) is 0 Å². The van der Waals surface area contributed by atoms with Gasteiger partial charge in [-0.05, 0) is 41.3 Å². The van der Waals surface area contributed by atoms with Gasteiger partial charge < -0.3 is 9.84 Å². The number of esters is 1. The first kappa shape index (κ1) is 15.9. The Balaban J connectivity index is 2.30. The molecule has 1 aromatic heterocycles. The first-order valence-electron chi connectivity index (χ1n) is 5.86. The number of methoxy groups -OCH3 is 1. The summed E-state index contributed by atoms with van der Waals surface area (Å²) in [5.41, 5.74) is -0.772. The number of aliphatic hydroxyl groups is 1. The molecule has 2 rings (SSSR count). The van der Waals surface area contributed by atoms with Crippen molar-refractivity contribution in [2.24, 2.45) is 0 Å². The van der Waals surface area contributed by atoms with Crippen molar-refractivity contribution in [3.8, 4) is 0 Å². The number of sulfonamides is 1. The molecule has 1 aliphatic rings. The molecule has 1 saturated carbocycles. The zero-order chi connectivity index (χ0) is 15.0. The molecule has 0 aliphatic heterocycles. The highest BCUT2D eigenvalue weighted by molar-refractivity contribution is 9.11. The number of thiophene rings is 1. The third kappa shape index (κ3) is 2.91. The van der Waals surface area contributed by atoms with E-state index in [1.807, 2.05) is 0 Å². The van der Waals surface area contributed by atoms with Gasteiger partial charge in [0.1, 0.15) is 9.77 Å². The maximum atomic E-state index is 12.3. The quantitative estimate of drug-likeness (QED) is 0.751. The van der Waals surface area contributed by atoms with Gasteiger partial charge in [0.2, 0.25) is 10.0 Å². The summed E-state index contributed by atoms with van der Waals surface area (Å²) in [5, 5.41) is 9.34. The molecular formula is C11H14BrNO5S2. The van der Waals surface area contributed by atoms with Crippen molar-refractivity contribution >= 4 is 43.3 Å². The van der Waals surface area contributed by atoms with Crippen LogP contribution in [0.25, 0.3) is 0 Å². The van der Waals surface area contributed by atoms with Crippen LogP contribution in [0, 0.1) is 0 Å². The summed E-state index contributed by atoms with van der Waals surface area (Å²) in [6, 6.07) is 1.27. The maximum absolute atomic E-state index is 12.3. The highest BCUT2D eigenvalue weighted by Crippen LogP contribution is 2.36. The first-order valence-corrected chi connectivity index (χ1v) is 8.95. The standard InChI is InChI=1S/C11H14BrNO5S2/c1-18-10(15)7-5-8(9(12)19-7)20(16,17)13-11(6-14)3-2-4-11/h5,13-14H,2-4,6H2,1H3. The maximum Gasteiger partial charge on any atom is 0.348 e. The van der Waals surface area contributed by atoms with Gasteiger partial charge in [-0.25, -0.2) is 17.9 Å². The van der Waals surface area contributed by atoms with Crippen LogP contribution >= 0.6 is 27.3 Å². The van der Waals surface area contributed by atoms with Crippen molar-refractivity contribution in [2.45, 2.75) is 29.7 Å². The van der Waals surface area contributed by atoms with Crippen LogP contribution in [0.3, 0.4) is 0 Å². The van der Waals surface area contributed by atoms with E-state index in [9.17, 15) is 18.3 Å². The van der Waals surface area contributed by atoms with Crippen molar-refractivity contribution in [3.05, 3.63) is 14.7 Å². The lowest BCUT2D eigenvalue weighted by Gasteiger charge is -2.40. The van der Waals surface area contributed by atoms with Crippen molar-refractivity contribution in [2.75, 3.05) is 13.7 Å². The predicted octanol–water partition coefficient (Wildman–Crippen LogP) is 1.49. The number of aliphatic hydroxyl groups excluding tert-OH is 1. The largest absolute Gasteiger partial charge is 0.465 e. The van der Waals surface area contributed by atoms with Crippen molar-refractivity contribution in [3.63, 3.8) is 0 Å². The van der Waals surface area contributed by atoms with Gasteiger partial charge in [-0.15, -0.1) is 11.3 Å². The van der Waals surface area contributed by atoms with E-state index in [-0.39, 0.29) is 16.4 Å². The fourth-order valence-corrected chi connectivity index (χ4v) is 5.91. The van der Waals surface area contributed by atoms with E-state index in [2.05, 4.69) is 25.4 Å². The average molecular weight is 384 g/mol. The zero-order valence-corrected chi connectivity index (χ0v) is 13.9. The number of ether oxygens (including phenoxy) is 1. The summed E-state index contributed by atoms with van der Waals surface area (Å²) in [7, 11) is -2.56. The normalized spacial score (nSPS) is 17.6. The van der Waals surface area contributed by atoms with Gasteiger partial charge in [0, 0.05) is 0 Å². The SMILES string of the molecule is COC(=O)c1cc(S(=O)(=O)NC2(CO)CCC2)c(Br)s1. The van der Waals surface area contributed by atoms with Crippen LogP contribution in [-0.2, 0) is 14.8 Å². The minimum absolute atomic E-state index is 0.0115. The van der Waals surface area contributed by atoms with Crippen LogP contribution < -0.4 is 4.72 Å². The number of hydrogen-bond donors (Lipinski definition) is 2. The summed E-state index contributed by atoms with van der Waals surface area (Å²) in [4.78, 5) is 11.6. The topological polar surface area (TPSA) is 92.7 Å². The number of hydrogen-bond acceptors (Lipinski definition) is 6. The molecule has 2 N–H and O–H groups in total. The van der Waals surface area contributed by atoms with Crippen molar-refractivity contribution in [1.29, 1.82) is 0 Å². The molecule has 0 bridgehead atoms. The molecule has 1 aromatic rings. The molecule has 0 radical (unpaired) electrons. The van der Waals surface area contributed by atoms with E-state index in [1.54, 1.807) is 0 Å². The van der Waals surface area contributed by atoms with E-state index in [1.165, 1.54) is 13.2 Å². The summed E-state index contributed by atoms with van der Waals surface area (Å²) in [6.45, 7) is -0.238. The average Bonchev–Trinajstić information content (AvgIpc) is 2.76. The van der Waals surface area contributed by atoms with Crippen LogP contribution in [0.5, 0.6) is 0 Å². The van der Waals surface area contributed by atoms with Gasteiger partial charge in [0.25, 0.3) is 0 Å². The summed E-state index contributed by atoms with van der Waals surface area (Å²) in [6.07, 6.45) is 2.09. The predicted molar refractivity (Wildman–Crippen MR) is 77.3 cm³/mol. The molecule has 20 heavy (non-hydrogen) atoms. The lowest BCUT2D eigenvalue weighted by atomic mass is 9.78. The fraction of sp³-hybridized carbons (Fsp3) is 0.545. The van der Waals surface area contributed by atoms with E-state index >= 15 is 0 Å². The van der Waals surface area contributed by atoms with Crippen molar-refractivity contribution in [1.82, 2.24) is 4.72 Å². The third-order valence-corrected chi connectivity index (χ3v) is 7.11. The second-order valence-corrected chi connectivity index (χ2v) is 8.66. The van der Waals surface area contributed by atoms with E-state index in [0.717, 1.165) is 17.8 Å². The third-order valence-electron chi connectivity index (χ3n) is 3.30. The molecule has 0 aromatic carbocycles. The molecular weight excluding hydrogens is 370 g/mol. The number of carbonyl (C=O) groups is 1. The Bertz CT molecular complexity index is 615. The molecule has 9 heteroatoms. The Morgan fingerprint density at radius 2 is 2.25 bits per heavy atom. The van der Waals surface area contributed by atoms with Crippen LogP contribution in [0.2, 0.25) is 0 Å². The summed E-state index contributed by atoms with van der Waals surface area (Å²) >= 11 is 4.14. The molecule has 0 amide bonds. The monoisotopic (exact) mass is 383 g/mol. The molecule has 1 aliphatic carbocycles. The Hall–Kier alpha value is -0.480.